The van der Waals surface area contributed by atoms with Gasteiger partial charge in [-0.3, -0.25) is 4.79 Å². The Morgan fingerprint density at radius 1 is 0.950 bits per heavy atom. The summed E-state index contributed by atoms with van der Waals surface area (Å²) in [5.74, 6) is -6.46. The van der Waals surface area contributed by atoms with E-state index < -0.39 is 35.4 Å². The molecule has 0 aliphatic heterocycles. The number of hydrogen-bond acceptors (Lipinski definition) is 2. The van der Waals surface area contributed by atoms with Crippen LogP contribution in [0.2, 0.25) is 0 Å². The number of alkyl halides is 7. The molecule has 0 spiro atoms. The summed E-state index contributed by atoms with van der Waals surface area (Å²) in [6, 6.07) is 5.85. The topological polar surface area (TPSA) is 29.5 Å². The van der Waals surface area contributed by atoms with Crippen LogP contribution in [-0.4, -0.2) is 24.6 Å². The van der Waals surface area contributed by atoms with Crippen LogP contribution >= 0.6 is 0 Å². The molecule has 0 bridgehead atoms. The molecule has 0 saturated carbocycles. The van der Waals surface area contributed by atoms with Gasteiger partial charge in [-0.15, -0.1) is 0 Å². The number of hydrogen-bond donors (Lipinski definition) is 0. The van der Waals surface area contributed by atoms with E-state index in [0.717, 1.165) is 12.1 Å². The Labute approximate surface area is 107 Å². The maximum absolute atomic E-state index is 12.9. The van der Waals surface area contributed by atoms with Crippen molar-refractivity contribution in [3.63, 3.8) is 0 Å². The number of carbonyl (C=O) groups is 1. The van der Waals surface area contributed by atoms with E-state index in [0.29, 0.717) is 0 Å². The monoisotopic (exact) mass is 305 g/mol. The van der Waals surface area contributed by atoms with Crippen molar-refractivity contribution in [1.29, 1.82) is 0 Å². The SMILES string of the molecule is O=CN(OC(F)(F)C(F)(F)C(F)(F)F)c1ccccc1. The van der Waals surface area contributed by atoms with Crippen molar-refractivity contribution < 1.29 is 40.4 Å². The van der Waals surface area contributed by atoms with Crippen molar-refractivity contribution >= 4 is 12.1 Å². The van der Waals surface area contributed by atoms with Gasteiger partial charge in [0.2, 0.25) is 6.41 Å². The van der Waals surface area contributed by atoms with E-state index in [1.807, 2.05) is 0 Å². The number of rotatable bonds is 5. The Balaban J connectivity index is 3.03. The van der Waals surface area contributed by atoms with E-state index in [9.17, 15) is 35.5 Å². The quantitative estimate of drug-likeness (QED) is 0.474. The van der Waals surface area contributed by atoms with Crippen LogP contribution in [0.3, 0.4) is 0 Å². The second-order valence-corrected chi connectivity index (χ2v) is 3.45. The Morgan fingerprint density at radius 3 is 1.85 bits per heavy atom. The maximum atomic E-state index is 12.9. The number of benzene rings is 1. The molecule has 1 amide bonds. The van der Waals surface area contributed by atoms with Gasteiger partial charge in [0.05, 0.1) is 5.69 Å². The lowest BCUT2D eigenvalue weighted by atomic mass is 10.3. The van der Waals surface area contributed by atoms with Crippen LogP contribution in [0.5, 0.6) is 0 Å². The third-order valence-electron chi connectivity index (χ3n) is 2.04. The molecule has 0 heterocycles. The fourth-order valence-corrected chi connectivity index (χ4v) is 1.06. The van der Waals surface area contributed by atoms with Gasteiger partial charge in [0, 0.05) is 0 Å². The molecular weight excluding hydrogens is 299 g/mol. The summed E-state index contributed by atoms with van der Waals surface area (Å²) < 4.78 is 86.6. The van der Waals surface area contributed by atoms with Gasteiger partial charge in [-0.1, -0.05) is 18.2 Å². The van der Waals surface area contributed by atoms with E-state index in [1.165, 1.54) is 18.2 Å². The van der Waals surface area contributed by atoms with Crippen LogP contribution < -0.4 is 5.06 Å². The third-order valence-corrected chi connectivity index (χ3v) is 2.04. The van der Waals surface area contributed by atoms with E-state index in [4.69, 9.17) is 0 Å². The van der Waals surface area contributed by atoms with Gasteiger partial charge in [0.1, 0.15) is 0 Å². The van der Waals surface area contributed by atoms with E-state index in [-0.39, 0.29) is 0 Å². The third kappa shape index (κ3) is 3.00. The molecule has 0 N–H and O–H groups in total. The summed E-state index contributed by atoms with van der Waals surface area (Å²) in [7, 11) is 0. The molecule has 0 aromatic heterocycles. The molecule has 3 nitrogen and oxygen atoms in total. The molecule has 0 atom stereocenters. The zero-order chi connectivity index (χ0) is 15.6. The molecule has 0 saturated heterocycles. The first-order valence-electron chi connectivity index (χ1n) is 4.84. The molecule has 0 fully saturated rings. The normalized spacial score (nSPS) is 13.2. The van der Waals surface area contributed by atoms with E-state index >= 15 is 0 Å². The van der Waals surface area contributed by atoms with Gasteiger partial charge in [-0.25, -0.2) is 0 Å². The van der Waals surface area contributed by atoms with Gasteiger partial charge in [0.15, 0.2) is 0 Å². The van der Waals surface area contributed by atoms with Gasteiger partial charge in [0.25, 0.3) is 0 Å². The lowest BCUT2D eigenvalue weighted by molar-refractivity contribution is -0.424. The van der Waals surface area contributed by atoms with Crippen molar-refractivity contribution in [3.8, 4) is 0 Å². The molecule has 0 aliphatic carbocycles. The molecule has 1 aromatic carbocycles. The van der Waals surface area contributed by atoms with Gasteiger partial charge >= 0.3 is 18.2 Å². The van der Waals surface area contributed by atoms with Crippen molar-refractivity contribution in [2.24, 2.45) is 0 Å². The summed E-state index contributed by atoms with van der Waals surface area (Å²) in [6.07, 6.45) is -13.0. The number of amides is 1. The highest BCUT2D eigenvalue weighted by molar-refractivity contribution is 5.71. The summed E-state index contributed by atoms with van der Waals surface area (Å²) in [5, 5.41) is -0.417. The van der Waals surface area contributed by atoms with Crippen LogP contribution in [-0.2, 0) is 9.63 Å². The molecule has 20 heavy (non-hydrogen) atoms. The fraction of sp³-hybridized carbons (Fsp3) is 0.300. The van der Waals surface area contributed by atoms with Crippen LogP contribution in [0, 0.1) is 0 Å². The average Bonchev–Trinajstić information content (AvgIpc) is 2.35. The molecule has 0 unspecified atom stereocenters. The highest BCUT2D eigenvalue weighted by Gasteiger charge is 2.75. The smallest absolute Gasteiger partial charge is 0.276 e. The van der Waals surface area contributed by atoms with Gasteiger partial charge in [-0.2, -0.15) is 40.6 Å². The van der Waals surface area contributed by atoms with Crippen molar-refractivity contribution in [2.45, 2.75) is 18.2 Å². The van der Waals surface area contributed by atoms with Crippen molar-refractivity contribution in [1.82, 2.24) is 0 Å². The number of hydroxylamine groups is 1. The summed E-state index contributed by atoms with van der Waals surface area (Å²) in [4.78, 5) is 13.7. The molecule has 0 aliphatic rings. The van der Waals surface area contributed by atoms with Crippen LogP contribution in [0.4, 0.5) is 36.4 Å². The van der Waals surface area contributed by atoms with E-state index in [2.05, 4.69) is 4.84 Å². The number of nitrogens with zero attached hydrogens (tertiary/aromatic N) is 1. The van der Waals surface area contributed by atoms with Crippen molar-refractivity contribution in [2.75, 3.05) is 5.06 Å². The highest BCUT2D eigenvalue weighted by Crippen LogP contribution is 2.47. The van der Waals surface area contributed by atoms with E-state index in [1.54, 1.807) is 0 Å². The number of halogens is 7. The maximum Gasteiger partial charge on any atom is 0.462 e. The summed E-state index contributed by atoms with van der Waals surface area (Å²) in [6.45, 7) is 0. The van der Waals surface area contributed by atoms with Crippen LogP contribution in [0.1, 0.15) is 0 Å². The van der Waals surface area contributed by atoms with Gasteiger partial charge in [-0.05, 0) is 12.1 Å². The van der Waals surface area contributed by atoms with Crippen molar-refractivity contribution in [3.05, 3.63) is 30.3 Å². The Hall–Kier alpha value is -1.84. The highest BCUT2D eigenvalue weighted by atomic mass is 19.4. The summed E-state index contributed by atoms with van der Waals surface area (Å²) >= 11 is 0. The molecular formula is C10H6F7NO2. The molecule has 112 valence electrons. The molecule has 0 radical (unpaired) electrons. The first-order valence-corrected chi connectivity index (χ1v) is 4.84. The minimum absolute atomic E-state index is 0.417. The minimum Gasteiger partial charge on any atom is -0.276 e. The number of anilines is 1. The zero-order valence-electron chi connectivity index (χ0n) is 9.37. The average molecular weight is 305 g/mol. The lowest BCUT2D eigenvalue weighted by Crippen LogP contribution is -2.55. The van der Waals surface area contributed by atoms with Crippen LogP contribution in [0.15, 0.2) is 30.3 Å². The first kappa shape index (κ1) is 16.2. The predicted molar refractivity (Wildman–Crippen MR) is 52.0 cm³/mol. The first-order chi connectivity index (χ1) is 9.03. The Kier molecular flexibility index (Phi) is 4.27. The Bertz CT molecular complexity index is 460. The minimum atomic E-state index is -6.54. The molecule has 10 heteroatoms. The number of para-hydroxylation sites is 1. The number of carbonyl (C=O) groups excluding carboxylic acids is 1. The standard InChI is InChI=1S/C10H6F7NO2/c11-8(12,9(13,14)15)10(16,17)20-18(6-19)7-4-2-1-3-5-7/h1-6H. The molecule has 1 aromatic rings. The summed E-state index contributed by atoms with van der Waals surface area (Å²) in [5.41, 5.74) is -0.444. The largest absolute Gasteiger partial charge is 0.462 e. The predicted octanol–water partition coefficient (Wildman–Crippen LogP) is 3.37. The van der Waals surface area contributed by atoms with Crippen LogP contribution in [0.25, 0.3) is 0 Å². The fourth-order valence-electron chi connectivity index (χ4n) is 1.06. The zero-order valence-corrected chi connectivity index (χ0v) is 9.37. The second kappa shape index (κ2) is 5.27. The van der Waals surface area contributed by atoms with Gasteiger partial charge < -0.3 is 0 Å². The lowest BCUT2D eigenvalue weighted by Gasteiger charge is -2.30. The Morgan fingerprint density at radius 2 is 1.45 bits per heavy atom. The second-order valence-electron chi connectivity index (χ2n) is 3.45. The molecule has 1 rings (SSSR count).